The highest BCUT2D eigenvalue weighted by molar-refractivity contribution is 5.29. The van der Waals surface area contributed by atoms with Crippen molar-refractivity contribution in [2.75, 3.05) is 13.8 Å². The van der Waals surface area contributed by atoms with E-state index < -0.39 is 0 Å². The molecule has 0 spiro atoms. The van der Waals surface area contributed by atoms with Gasteiger partial charge in [0.2, 0.25) is 0 Å². The van der Waals surface area contributed by atoms with Crippen molar-refractivity contribution < 1.29 is 4.74 Å². The van der Waals surface area contributed by atoms with Gasteiger partial charge in [-0.15, -0.1) is 0 Å². The van der Waals surface area contributed by atoms with Gasteiger partial charge in [-0.1, -0.05) is 18.2 Å². The first-order valence-corrected chi connectivity index (χ1v) is 4.50. The molecular weight excluding hydrogens is 162 g/mol. The maximum absolute atomic E-state index is 4.91. The zero-order valence-electron chi connectivity index (χ0n) is 8.55. The molecule has 0 aliphatic carbocycles. The van der Waals surface area contributed by atoms with Crippen LogP contribution in [0.1, 0.15) is 16.7 Å². The van der Waals surface area contributed by atoms with E-state index in [0.29, 0.717) is 6.73 Å². The van der Waals surface area contributed by atoms with Crippen LogP contribution in [0.5, 0.6) is 0 Å². The van der Waals surface area contributed by atoms with Crippen LogP contribution < -0.4 is 5.32 Å². The highest BCUT2D eigenvalue weighted by Gasteiger charge is 1.95. The van der Waals surface area contributed by atoms with Crippen molar-refractivity contribution in [1.82, 2.24) is 5.32 Å². The normalized spacial score (nSPS) is 10.4. The van der Waals surface area contributed by atoms with Crippen molar-refractivity contribution in [1.29, 1.82) is 0 Å². The second kappa shape index (κ2) is 5.00. The number of aryl methyl sites for hydroxylation is 2. The Morgan fingerprint density at radius 2 is 2.00 bits per heavy atom. The molecule has 0 amide bonds. The molecule has 0 atom stereocenters. The molecule has 1 N–H and O–H groups in total. The van der Waals surface area contributed by atoms with Crippen LogP contribution in [0.3, 0.4) is 0 Å². The Kier molecular flexibility index (Phi) is 3.93. The number of benzene rings is 1. The summed E-state index contributed by atoms with van der Waals surface area (Å²) in [6.07, 6.45) is 0. The molecule has 0 unspecified atom stereocenters. The maximum Gasteiger partial charge on any atom is 0.0964 e. The summed E-state index contributed by atoms with van der Waals surface area (Å²) in [6.45, 7) is 5.73. The largest absolute Gasteiger partial charge is 0.370 e. The van der Waals surface area contributed by atoms with E-state index in [2.05, 4.69) is 37.4 Å². The first kappa shape index (κ1) is 10.2. The molecule has 0 aliphatic rings. The van der Waals surface area contributed by atoms with Crippen LogP contribution in [0.2, 0.25) is 0 Å². The number of nitrogens with one attached hydrogen (secondary N) is 1. The molecule has 1 aromatic rings. The van der Waals surface area contributed by atoms with E-state index in [9.17, 15) is 0 Å². The molecule has 0 heterocycles. The maximum atomic E-state index is 4.91. The fraction of sp³-hybridized carbons (Fsp3) is 0.455. The Labute approximate surface area is 79.9 Å². The number of ether oxygens (including phenoxy) is 1. The van der Waals surface area contributed by atoms with Gasteiger partial charge in [0, 0.05) is 13.7 Å². The predicted molar refractivity (Wildman–Crippen MR) is 54.6 cm³/mol. The van der Waals surface area contributed by atoms with Crippen molar-refractivity contribution in [2.45, 2.75) is 20.4 Å². The lowest BCUT2D eigenvalue weighted by atomic mass is 10.1. The van der Waals surface area contributed by atoms with Gasteiger partial charge < -0.3 is 4.74 Å². The third kappa shape index (κ3) is 3.17. The van der Waals surface area contributed by atoms with Crippen LogP contribution in [0.15, 0.2) is 18.2 Å². The summed E-state index contributed by atoms with van der Waals surface area (Å²) in [5, 5.41) is 3.18. The molecule has 0 bridgehead atoms. The molecule has 0 saturated heterocycles. The quantitative estimate of drug-likeness (QED) is 0.564. The molecule has 2 nitrogen and oxygen atoms in total. The fourth-order valence-corrected chi connectivity index (χ4v) is 1.21. The topological polar surface area (TPSA) is 21.3 Å². The van der Waals surface area contributed by atoms with Gasteiger partial charge in [0.1, 0.15) is 0 Å². The van der Waals surface area contributed by atoms with Crippen LogP contribution in [-0.4, -0.2) is 13.8 Å². The van der Waals surface area contributed by atoms with Gasteiger partial charge in [-0.2, -0.15) is 0 Å². The average molecular weight is 179 g/mol. The van der Waals surface area contributed by atoms with Crippen molar-refractivity contribution in [3.8, 4) is 0 Å². The number of hydrogen-bond acceptors (Lipinski definition) is 2. The smallest absolute Gasteiger partial charge is 0.0964 e. The molecule has 2 heteroatoms. The number of hydrogen-bond donors (Lipinski definition) is 1. The molecule has 0 saturated carbocycles. The SMILES string of the molecule is COCNCc1ccc(C)c(C)c1. The summed E-state index contributed by atoms with van der Waals surface area (Å²) in [6, 6.07) is 6.50. The Bertz CT molecular complexity index is 271. The summed E-state index contributed by atoms with van der Waals surface area (Å²) >= 11 is 0. The molecule has 1 rings (SSSR count). The second-order valence-corrected chi connectivity index (χ2v) is 3.28. The van der Waals surface area contributed by atoms with Gasteiger partial charge in [0.05, 0.1) is 6.73 Å². The molecule has 0 radical (unpaired) electrons. The van der Waals surface area contributed by atoms with Crippen LogP contribution in [0.25, 0.3) is 0 Å². The average Bonchev–Trinajstić information content (AvgIpc) is 2.12. The van der Waals surface area contributed by atoms with Crippen LogP contribution in [0, 0.1) is 13.8 Å². The van der Waals surface area contributed by atoms with Crippen LogP contribution >= 0.6 is 0 Å². The Hall–Kier alpha value is -0.860. The van der Waals surface area contributed by atoms with E-state index in [4.69, 9.17) is 4.74 Å². The van der Waals surface area contributed by atoms with Crippen molar-refractivity contribution in [3.05, 3.63) is 34.9 Å². The summed E-state index contributed by atoms with van der Waals surface area (Å²) in [4.78, 5) is 0. The Morgan fingerprint density at radius 1 is 1.23 bits per heavy atom. The summed E-state index contributed by atoms with van der Waals surface area (Å²) in [5.41, 5.74) is 3.99. The van der Waals surface area contributed by atoms with Gasteiger partial charge >= 0.3 is 0 Å². The second-order valence-electron chi connectivity index (χ2n) is 3.28. The first-order valence-electron chi connectivity index (χ1n) is 4.50. The van der Waals surface area contributed by atoms with E-state index in [1.54, 1.807) is 7.11 Å². The Balaban J connectivity index is 2.53. The van der Waals surface area contributed by atoms with E-state index in [0.717, 1.165) is 6.54 Å². The van der Waals surface area contributed by atoms with E-state index in [1.807, 2.05) is 0 Å². The molecule has 0 fully saturated rings. The van der Waals surface area contributed by atoms with Crippen LogP contribution in [0.4, 0.5) is 0 Å². The minimum absolute atomic E-state index is 0.604. The third-order valence-corrected chi connectivity index (χ3v) is 2.15. The molecule has 1 aromatic carbocycles. The highest BCUT2D eigenvalue weighted by Crippen LogP contribution is 2.09. The lowest BCUT2D eigenvalue weighted by Gasteiger charge is -2.06. The van der Waals surface area contributed by atoms with Gasteiger partial charge in [-0.3, -0.25) is 5.32 Å². The Morgan fingerprint density at radius 3 is 2.62 bits per heavy atom. The zero-order chi connectivity index (χ0) is 9.68. The standard InChI is InChI=1S/C11H17NO/c1-9-4-5-11(6-10(9)2)7-12-8-13-3/h4-6,12H,7-8H2,1-3H3. The molecule has 72 valence electrons. The van der Waals surface area contributed by atoms with E-state index in [1.165, 1.54) is 16.7 Å². The lowest BCUT2D eigenvalue weighted by Crippen LogP contribution is -2.15. The summed E-state index contributed by atoms with van der Waals surface area (Å²) in [7, 11) is 1.69. The van der Waals surface area contributed by atoms with Crippen LogP contribution in [-0.2, 0) is 11.3 Å². The summed E-state index contributed by atoms with van der Waals surface area (Å²) < 4.78 is 4.91. The van der Waals surface area contributed by atoms with E-state index >= 15 is 0 Å². The minimum Gasteiger partial charge on any atom is -0.370 e. The van der Waals surface area contributed by atoms with Gasteiger partial charge in [-0.05, 0) is 30.5 Å². The third-order valence-electron chi connectivity index (χ3n) is 2.15. The van der Waals surface area contributed by atoms with Gasteiger partial charge in [0.25, 0.3) is 0 Å². The monoisotopic (exact) mass is 179 g/mol. The van der Waals surface area contributed by atoms with Crippen molar-refractivity contribution in [3.63, 3.8) is 0 Å². The van der Waals surface area contributed by atoms with Gasteiger partial charge in [0.15, 0.2) is 0 Å². The first-order chi connectivity index (χ1) is 6.24. The lowest BCUT2D eigenvalue weighted by molar-refractivity contribution is 0.174. The summed E-state index contributed by atoms with van der Waals surface area (Å²) in [5.74, 6) is 0. The number of rotatable bonds is 4. The molecule has 0 aromatic heterocycles. The zero-order valence-corrected chi connectivity index (χ0v) is 8.55. The minimum atomic E-state index is 0.604. The van der Waals surface area contributed by atoms with Crippen molar-refractivity contribution in [2.24, 2.45) is 0 Å². The van der Waals surface area contributed by atoms with Crippen molar-refractivity contribution >= 4 is 0 Å². The predicted octanol–water partition coefficient (Wildman–Crippen LogP) is 2.00. The molecular formula is C11H17NO. The molecule has 0 aliphatic heterocycles. The highest BCUT2D eigenvalue weighted by atomic mass is 16.5. The number of methoxy groups -OCH3 is 1. The van der Waals surface area contributed by atoms with E-state index in [-0.39, 0.29) is 0 Å². The fourth-order valence-electron chi connectivity index (χ4n) is 1.21. The van der Waals surface area contributed by atoms with Gasteiger partial charge in [-0.25, -0.2) is 0 Å². The molecule has 13 heavy (non-hydrogen) atoms.